The van der Waals surface area contributed by atoms with Crippen LogP contribution < -0.4 is 16.4 Å². The van der Waals surface area contributed by atoms with Crippen LogP contribution in [0.2, 0.25) is 0 Å². The van der Waals surface area contributed by atoms with Gasteiger partial charge < -0.3 is 103 Å². The number of unbranched alkanes of at least 4 members (excludes halogenated alkanes) is 1. The summed E-state index contributed by atoms with van der Waals surface area (Å²) < 4.78 is 81.4. The molecule has 0 radical (unpaired) electrons. The van der Waals surface area contributed by atoms with Crippen LogP contribution in [0.15, 0.2) is 12.4 Å². The summed E-state index contributed by atoms with van der Waals surface area (Å²) in [6.45, 7) is 16.1. The number of fused-ring (bicyclic) bond motifs is 4. The molecule has 0 spiro atoms. The van der Waals surface area contributed by atoms with Crippen LogP contribution in [0.5, 0.6) is 0 Å². The van der Waals surface area contributed by atoms with Crippen LogP contribution in [0, 0.1) is 11.8 Å². The van der Waals surface area contributed by atoms with E-state index in [1.54, 1.807) is 29.4 Å². The summed E-state index contributed by atoms with van der Waals surface area (Å²) >= 11 is 0. The van der Waals surface area contributed by atoms with Crippen LogP contribution in [0.1, 0.15) is 65.7 Å². The van der Waals surface area contributed by atoms with Crippen molar-refractivity contribution >= 4 is 11.8 Å². The zero-order chi connectivity index (χ0) is 57.3. The number of nitrogens with zero attached hydrogens (tertiary/aromatic N) is 6. The maximum Gasteiger partial charge on any atom is 0.220 e. The molecule has 2 amide bonds. The fraction of sp³-hybridized carbons (Fsp3) is 0.882. The third kappa shape index (κ3) is 23.6. The highest BCUT2D eigenvalue weighted by Crippen LogP contribution is 2.41. The number of aliphatic hydroxyl groups is 4. The van der Waals surface area contributed by atoms with E-state index in [-0.39, 0.29) is 51.5 Å². The Bertz CT molecular complexity index is 1840. The van der Waals surface area contributed by atoms with Crippen LogP contribution in [0.3, 0.4) is 0 Å². The Balaban J connectivity index is 0.000000344. The lowest BCUT2D eigenvalue weighted by Gasteiger charge is -2.41. The Morgan fingerprint density at radius 2 is 0.963 bits per heavy atom. The number of amides is 2. The molecule has 4 bridgehead atoms. The summed E-state index contributed by atoms with van der Waals surface area (Å²) in [5.41, 5.74) is 4.75. The molecule has 4 fully saturated rings. The van der Waals surface area contributed by atoms with Crippen molar-refractivity contribution in [2.45, 2.75) is 127 Å². The molecule has 29 heteroatoms. The molecule has 8 N–H and O–H groups in total. The molecule has 2 aromatic heterocycles. The van der Waals surface area contributed by atoms with E-state index in [9.17, 15) is 30.0 Å². The van der Waals surface area contributed by atoms with Crippen LogP contribution in [0.4, 0.5) is 0 Å². The maximum absolute atomic E-state index is 11.5. The van der Waals surface area contributed by atoms with Crippen molar-refractivity contribution < 1.29 is 97.8 Å². The van der Waals surface area contributed by atoms with E-state index < -0.39 is 48.2 Å². The molecule has 4 saturated heterocycles. The van der Waals surface area contributed by atoms with Gasteiger partial charge in [-0.2, -0.15) is 0 Å². The number of nitrogens with two attached hydrogens (primary N) is 1. The lowest BCUT2D eigenvalue weighted by molar-refractivity contribution is -0.249. The van der Waals surface area contributed by atoms with Crippen molar-refractivity contribution in [2.75, 3.05) is 152 Å². The zero-order valence-electron chi connectivity index (χ0n) is 47.0. The summed E-state index contributed by atoms with van der Waals surface area (Å²) in [6.07, 6.45) is 2.19. The average molecular weight is 1150 g/mol. The fourth-order valence-electron chi connectivity index (χ4n) is 8.52. The molecule has 29 nitrogen and oxygen atoms in total. The molecule has 0 saturated carbocycles. The van der Waals surface area contributed by atoms with E-state index in [1.807, 2.05) is 6.20 Å². The SMILES string of the molecule is CCCCC(=O)NCCOCc1cn(CCOCCOCCOCCOC[C@@]23CO[C@@H](O2)[C@H](C)[C@@H](O)[C@H]3O)nn1.C[C@H]1[C@H]2OC[C@](COCCOCCOCCOCCn3cc(COCCNC(=O)CCCN)nn3)(O2)[C@H](O)[C@@H]1O.[HH]. The van der Waals surface area contributed by atoms with E-state index in [0.717, 1.165) is 18.5 Å². The number of ether oxygens (including phenoxy) is 14. The number of hydrogen-bond acceptors (Lipinski definition) is 25. The van der Waals surface area contributed by atoms with Gasteiger partial charge in [0.05, 0.1) is 183 Å². The third-order valence-electron chi connectivity index (χ3n) is 13.4. The molecule has 4 aliphatic heterocycles. The first-order valence-corrected chi connectivity index (χ1v) is 28.0. The topological polar surface area (TPSA) is 356 Å². The Labute approximate surface area is 469 Å². The van der Waals surface area contributed by atoms with Gasteiger partial charge in [0.25, 0.3) is 0 Å². The summed E-state index contributed by atoms with van der Waals surface area (Å²) in [5.74, 6) is -0.553. The highest BCUT2D eigenvalue weighted by Gasteiger charge is 2.59. The number of carbonyl (C=O) groups excluding carboxylic acids is 2. The molecule has 10 atom stereocenters. The first kappa shape index (κ1) is 67.3. The Morgan fingerprint density at radius 3 is 1.35 bits per heavy atom. The normalized spacial score (nSPS) is 25.9. The Morgan fingerprint density at radius 1 is 0.588 bits per heavy atom. The molecule has 80 heavy (non-hydrogen) atoms. The number of nitrogens with one attached hydrogen (secondary N) is 2. The number of carbonyl (C=O) groups is 2. The van der Waals surface area contributed by atoms with E-state index in [2.05, 4.69) is 38.2 Å². The molecule has 0 unspecified atom stereocenters. The van der Waals surface area contributed by atoms with E-state index >= 15 is 0 Å². The van der Waals surface area contributed by atoms with Crippen LogP contribution in [0.25, 0.3) is 0 Å². The number of aliphatic hydroxyl groups excluding tert-OH is 4. The van der Waals surface area contributed by atoms with Crippen molar-refractivity contribution in [3.63, 3.8) is 0 Å². The minimum atomic E-state index is -1.06. The summed E-state index contributed by atoms with van der Waals surface area (Å²) in [4.78, 5) is 23.0. The lowest BCUT2D eigenvalue weighted by Crippen LogP contribution is -2.60. The molecule has 0 aromatic carbocycles. The fourth-order valence-corrected chi connectivity index (χ4v) is 8.52. The molecule has 2 aromatic rings. The first-order valence-electron chi connectivity index (χ1n) is 28.0. The van der Waals surface area contributed by atoms with Crippen LogP contribution in [-0.4, -0.2) is 262 Å². The molecule has 6 rings (SSSR count). The van der Waals surface area contributed by atoms with Crippen LogP contribution >= 0.6 is 0 Å². The number of rotatable bonds is 44. The Hall–Kier alpha value is -3.54. The highest BCUT2D eigenvalue weighted by molar-refractivity contribution is 5.76. The van der Waals surface area contributed by atoms with E-state index in [0.29, 0.717) is 177 Å². The van der Waals surface area contributed by atoms with Crippen molar-refractivity contribution in [1.29, 1.82) is 0 Å². The van der Waals surface area contributed by atoms with Crippen molar-refractivity contribution in [2.24, 2.45) is 17.6 Å². The maximum atomic E-state index is 11.5. The van der Waals surface area contributed by atoms with Gasteiger partial charge in [0.1, 0.15) is 34.8 Å². The first-order chi connectivity index (χ1) is 38.9. The van der Waals surface area contributed by atoms with Crippen LogP contribution in [-0.2, 0) is 102 Å². The second-order valence-electron chi connectivity index (χ2n) is 19.8. The highest BCUT2D eigenvalue weighted by atomic mass is 16.8. The van der Waals surface area contributed by atoms with E-state index in [1.165, 1.54) is 0 Å². The molecular formula is C51H93N9O20. The monoisotopic (exact) mass is 1150 g/mol. The average Bonchev–Trinajstić information content (AvgIpc) is 4.32. The van der Waals surface area contributed by atoms with Gasteiger partial charge in [-0.3, -0.25) is 9.59 Å². The van der Waals surface area contributed by atoms with E-state index in [4.69, 9.17) is 72.0 Å². The van der Waals surface area contributed by atoms with Gasteiger partial charge in [-0.15, -0.1) is 10.2 Å². The number of aromatic nitrogens is 6. The minimum absolute atomic E-state index is 0. The predicted octanol–water partition coefficient (Wildman–Crippen LogP) is -1.90. The molecule has 462 valence electrons. The number of hydrogen-bond donors (Lipinski definition) is 7. The second kappa shape index (κ2) is 38.3. The van der Waals surface area contributed by atoms with Crippen molar-refractivity contribution in [1.82, 2.24) is 40.6 Å². The Kier molecular flexibility index (Phi) is 32.2. The molecule has 4 aliphatic rings. The predicted molar refractivity (Wildman–Crippen MR) is 281 cm³/mol. The van der Waals surface area contributed by atoms with Crippen molar-refractivity contribution in [3.05, 3.63) is 23.8 Å². The second-order valence-corrected chi connectivity index (χ2v) is 19.8. The smallest absolute Gasteiger partial charge is 0.220 e. The van der Waals surface area contributed by atoms with Crippen molar-refractivity contribution in [3.8, 4) is 0 Å². The minimum Gasteiger partial charge on any atom is -0.390 e. The summed E-state index contributed by atoms with van der Waals surface area (Å²) in [5, 5.41) is 62.9. The summed E-state index contributed by atoms with van der Waals surface area (Å²) in [6, 6.07) is 0. The molecular weight excluding hydrogens is 1060 g/mol. The van der Waals surface area contributed by atoms with Gasteiger partial charge in [-0.25, -0.2) is 9.36 Å². The standard InChI is InChI=1S/C26H46N4O10.C25H45N5O10.H2/c1-3-4-5-22(31)27-6-8-37-17-21-16-30(29-28-21)7-9-34-10-11-35-12-13-36-14-15-38-18-26-19-39-25(40-26)20(2)23(32)24(26)33;1-19-22(32)23(33)25(18-39-24(19)40-25)17-38-14-13-36-12-11-35-10-9-34-8-6-30-15-20(28-29-30)16-37-7-5-27-21(31)3-2-4-26;/h16,20,23-25,32-33H,3-15,17-19H2,1-2H3,(H,27,31);15,19,22-24,32-33H,2-14,16-18,26H2,1H3,(H,27,31);1H/t20-,23-,24-,25+,26+;19-,22-,23-,24+,25+;/m11./s1. The lowest BCUT2D eigenvalue weighted by atomic mass is 9.86. The molecule has 6 heterocycles. The van der Waals surface area contributed by atoms with Gasteiger partial charge in [0.15, 0.2) is 12.6 Å². The van der Waals surface area contributed by atoms with Gasteiger partial charge >= 0.3 is 0 Å². The van der Waals surface area contributed by atoms with Gasteiger partial charge in [0.2, 0.25) is 11.8 Å². The summed E-state index contributed by atoms with van der Waals surface area (Å²) in [7, 11) is 0. The van der Waals surface area contributed by atoms with Gasteiger partial charge in [-0.1, -0.05) is 37.6 Å². The van der Waals surface area contributed by atoms with Gasteiger partial charge in [-0.05, 0) is 19.4 Å². The zero-order valence-corrected chi connectivity index (χ0v) is 47.0. The third-order valence-corrected chi connectivity index (χ3v) is 13.4. The van der Waals surface area contributed by atoms with Gasteiger partial charge in [0, 0.05) is 39.2 Å². The quantitative estimate of drug-likeness (QED) is 0.0356. The molecule has 0 aliphatic carbocycles. The largest absolute Gasteiger partial charge is 0.390 e.